The van der Waals surface area contributed by atoms with Crippen molar-refractivity contribution in [2.45, 2.75) is 64.6 Å². The lowest BCUT2D eigenvalue weighted by molar-refractivity contribution is -0.139. The van der Waals surface area contributed by atoms with E-state index in [2.05, 4.69) is 5.32 Å². The minimum Gasteiger partial charge on any atom is -0.352 e. The summed E-state index contributed by atoms with van der Waals surface area (Å²) in [5.41, 5.74) is 2.27. The smallest absolute Gasteiger partial charge is 0.264 e. The molecule has 0 saturated carbocycles. The molecule has 2 atom stereocenters. The summed E-state index contributed by atoms with van der Waals surface area (Å²) in [4.78, 5) is 28.6. The van der Waals surface area contributed by atoms with Gasteiger partial charge in [-0.2, -0.15) is 0 Å². The molecule has 0 bridgehead atoms. The van der Waals surface area contributed by atoms with Crippen molar-refractivity contribution in [3.8, 4) is 0 Å². The number of amides is 2. The van der Waals surface area contributed by atoms with E-state index in [0.717, 1.165) is 9.87 Å². The summed E-state index contributed by atoms with van der Waals surface area (Å²) < 4.78 is 29.0. The molecule has 220 valence electrons. The minimum absolute atomic E-state index is 0.00222. The van der Waals surface area contributed by atoms with Gasteiger partial charge in [-0.1, -0.05) is 71.6 Å². The van der Waals surface area contributed by atoms with Crippen molar-refractivity contribution in [1.29, 1.82) is 0 Å². The van der Waals surface area contributed by atoms with E-state index in [1.807, 2.05) is 20.8 Å². The van der Waals surface area contributed by atoms with Crippen LogP contribution in [0, 0.1) is 13.8 Å². The number of nitrogens with one attached hydrogen (secondary N) is 1. The van der Waals surface area contributed by atoms with E-state index in [1.54, 1.807) is 62.4 Å². The highest BCUT2D eigenvalue weighted by Crippen LogP contribution is 2.31. The van der Waals surface area contributed by atoms with Crippen molar-refractivity contribution >= 4 is 62.3 Å². The second-order valence-corrected chi connectivity index (χ2v) is 13.1. The predicted molar refractivity (Wildman–Crippen MR) is 166 cm³/mol. The molecule has 2 amide bonds. The molecule has 0 aromatic heterocycles. The average Bonchev–Trinajstić information content (AvgIpc) is 2.93. The Kier molecular flexibility index (Phi) is 11.1. The zero-order chi connectivity index (χ0) is 30.5. The molecule has 0 fully saturated rings. The molecule has 3 aromatic carbocycles. The molecule has 0 spiro atoms. The largest absolute Gasteiger partial charge is 0.352 e. The van der Waals surface area contributed by atoms with Crippen molar-refractivity contribution in [1.82, 2.24) is 10.2 Å². The van der Waals surface area contributed by atoms with Crippen LogP contribution in [0.4, 0.5) is 5.69 Å². The van der Waals surface area contributed by atoms with Crippen LogP contribution in [-0.2, 0) is 26.2 Å². The highest BCUT2D eigenvalue weighted by atomic mass is 35.5. The first-order valence-corrected chi connectivity index (χ1v) is 15.7. The fourth-order valence-corrected chi connectivity index (χ4v) is 6.06. The Labute approximate surface area is 257 Å². The van der Waals surface area contributed by atoms with Crippen LogP contribution in [0.3, 0.4) is 0 Å². The zero-order valence-electron chi connectivity index (χ0n) is 23.6. The fraction of sp³-hybridized carbons (Fsp3) is 0.333. The van der Waals surface area contributed by atoms with E-state index in [-0.39, 0.29) is 29.1 Å². The maximum Gasteiger partial charge on any atom is 0.264 e. The Balaban J connectivity index is 2.08. The molecule has 0 radical (unpaired) electrons. The third-order valence-corrected chi connectivity index (χ3v) is 9.82. The second kappa shape index (κ2) is 13.9. The SMILES string of the molecule is CC[C@@H](C)NC(=O)[C@H](C)N(Cc1ccc(Cl)c(Cl)c1)C(=O)CN(c1cccc(Cl)c1C)S(=O)(=O)c1ccc(C)cc1. The van der Waals surface area contributed by atoms with E-state index in [0.29, 0.717) is 32.6 Å². The molecule has 3 aromatic rings. The summed E-state index contributed by atoms with van der Waals surface area (Å²) in [5.74, 6) is -0.947. The number of anilines is 1. The van der Waals surface area contributed by atoms with Gasteiger partial charge in [-0.25, -0.2) is 8.42 Å². The van der Waals surface area contributed by atoms with Crippen molar-refractivity contribution < 1.29 is 18.0 Å². The molecule has 0 saturated heterocycles. The highest BCUT2D eigenvalue weighted by Gasteiger charge is 2.33. The number of hydrogen-bond acceptors (Lipinski definition) is 4. The van der Waals surface area contributed by atoms with Crippen LogP contribution in [0.1, 0.15) is 43.9 Å². The number of rotatable bonds is 11. The molecule has 1 N–H and O–H groups in total. The molecule has 0 aliphatic rings. The van der Waals surface area contributed by atoms with Gasteiger partial charge < -0.3 is 10.2 Å². The number of nitrogens with zero attached hydrogens (tertiary/aromatic N) is 2. The normalized spacial score (nSPS) is 12.9. The molecule has 0 unspecified atom stereocenters. The highest BCUT2D eigenvalue weighted by molar-refractivity contribution is 7.92. The van der Waals surface area contributed by atoms with E-state index >= 15 is 0 Å². The second-order valence-electron chi connectivity index (χ2n) is 9.97. The summed E-state index contributed by atoms with van der Waals surface area (Å²) in [7, 11) is -4.20. The topological polar surface area (TPSA) is 86.8 Å². The van der Waals surface area contributed by atoms with Crippen LogP contribution in [0.15, 0.2) is 65.6 Å². The van der Waals surface area contributed by atoms with Gasteiger partial charge in [0, 0.05) is 17.6 Å². The van der Waals surface area contributed by atoms with Gasteiger partial charge in [0.05, 0.1) is 20.6 Å². The number of hydrogen-bond donors (Lipinski definition) is 1. The number of carbonyl (C=O) groups excluding carboxylic acids is 2. The molecule has 3 rings (SSSR count). The van der Waals surface area contributed by atoms with Crippen LogP contribution in [0.5, 0.6) is 0 Å². The van der Waals surface area contributed by atoms with E-state index in [9.17, 15) is 18.0 Å². The van der Waals surface area contributed by atoms with Crippen molar-refractivity contribution in [2.24, 2.45) is 0 Å². The summed E-state index contributed by atoms with van der Waals surface area (Å²) in [6.45, 7) is 8.39. The molecular formula is C30H34Cl3N3O4S. The first-order valence-electron chi connectivity index (χ1n) is 13.1. The maximum atomic E-state index is 14.1. The predicted octanol–water partition coefficient (Wildman–Crippen LogP) is 6.79. The lowest BCUT2D eigenvalue weighted by Gasteiger charge is -2.33. The lowest BCUT2D eigenvalue weighted by atomic mass is 10.1. The van der Waals surface area contributed by atoms with Crippen LogP contribution in [0.2, 0.25) is 15.1 Å². The first-order chi connectivity index (χ1) is 19.3. The summed E-state index contributed by atoms with van der Waals surface area (Å²) in [6, 6.07) is 15.1. The molecule has 7 nitrogen and oxygen atoms in total. The van der Waals surface area contributed by atoms with Crippen LogP contribution in [-0.4, -0.2) is 43.8 Å². The molecule has 11 heteroatoms. The molecule has 0 aliphatic carbocycles. The Bertz CT molecular complexity index is 1510. The van der Waals surface area contributed by atoms with E-state index < -0.39 is 28.5 Å². The summed E-state index contributed by atoms with van der Waals surface area (Å²) >= 11 is 18.7. The molecule has 41 heavy (non-hydrogen) atoms. The third kappa shape index (κ3) is 7.95. The van der Waals surface area contributed by atoms with E-state index in [1.165, 1.54) is 17.0 Å². The van der Waals surface area contributed by atoms with Gasteiger partial charge in [0.2, 0.25) is 11.8 Å². The van der Waals surface area contributed by atoms with Gasteiger partial charge in [0.15, 0.2) is 0 Å². The van der Waals surface area contributed by atoms with Crippen LogP contribution < -0.4 is 9.62 Å². The Morgan fingerprint density at radius 3 is 2.17 bits per heavy atom. The summed E-state index contributed by atoms with van der Waals surface area (Å²) in [6.07, 6.45) is 0.704. The Hall–Kier alpha value is -2.78. The van der Waals surface area contributed by atoms with Crippen molar-refractivity contribution in [3.05, 3.63) is 92.4 Å². The summed E-state index contributed by atoms with van der Waals surface area (Å²) in [5, 5.41) is 3.91. The first kappa shape index (κ1) is 32.7. The van der Waals surface area contributed by atoms with Crippen LogP contribution >= 0.6 is 34.8 Å². The molecular weight excluding hydrogens is 605 g/mol. The third-order valence-electron chi connectivity index (χ3n) is 6.90. The van der Waals surface area contributed by atoms with Crippen LogP contribution in [0.25, 0.3) is 0 Å². The molecule has 0 aliphatic heterocycles. The Morgan fingerprint density at radius 1 is 0.902 bits per heavy atom. The number of halogens is 3. The standard InChI is InChI=1S/C30H34Cl3N3O4S/c1-6-20(3)34-30(38)22(5)35(17-23-12-15-26(32)27(33)16-23)29(37)18-36(28-9-7-8-25(31)21(28)4)41(39,40)24-13-10-19(2)11-14-24/h7-16,20,22H,6,17-18H2,1-5H3,(H,34,38)/t20-,22+/m1/s1. The van der Waals surface area contributed by atoms with Gasteiger partial charge >= 0.3 is 0 Å². The lowest BCUT2D eigenvalue weighted by Crippen LogP contribution is -2.52. The average molecular weight is 639 g/mol. The maximum absolute atomic E-state index is 14.1. The molecule has 0 heterocycles. The van der Waals surface area contributed by atoms with Gasteiger partial charge in [-0.3, -0.25) is 13.9 Å². The Morgan fingerprint density at radius 2 is 1.56 bits per heavy atom. The van der Waals surface area contributed by atoms with Gasteiger partial charge in [-0.05, 0) is 81.6 Å². The number of aryl methyl sites for hydroxylation is 1. The number of carbonyl (C=O) groups is 2. The van der Waals surface area contributed by atoms with E-state index in [4.69, 9.17) is 34.8 Å². The van der Waals surface area contributed by atoms with Crippen molar-refractivity contribution in [2.75, 3.05) is 10.8 Å². The quantitative estimate of drug-likeness (QED) is 0.251. The number of sulfonamides is 1. The zero-order valence-corrected chi connectivity index (χ0v) is 26.7. The minimum atomic E-state index is -4.20. The van der Waals surface area contributed by atoms with Crippen molar-refractivity contribution in [3.63, 3.8) is 0 Å². The van der Waals surface area contributed by atoms with Gasteiger partial charge in [0.1, 0.15) is 12.6 Å². The monoisotopic (exact) mass is 637 g/mol. The number of benzene rings is 3. The van der Waals surface area contributed by atoms with Gasteiger partial charge in [0.25, 0.3) is 10.0 Å². The van der Waals surface area contributed by atoms with Gasteiger partial charge in [-0.15, -0.1) is 0 Å². The fourth-order valence-electron chi connectivity index (χ4n) is 4.10.